The van der Waals surface area contributed by atoms with E-state index in [9.17, 15) is 0 Å². The number of nitrogens with one attached hydrogen (secondary N) is 1. The van der Waals surface area contributed by atoms with Gasteiger partial charge in [0.2, 0.25) is 0 Å². The molecule has 0 saturated heterocycles. The highest BCUT2D eigenvalue weighted by atomic mass is 16.5. The number of fused-ring (bicyclic) bond motifs is 1. The Kier molecular flexibility index (Phi) is 3.99. The van der Waals surface area contributed by atoms with Crippen LogP contribution in [0.4, 0.5) is 5.82 Å². The van der Waals surface area contributed by atoms with Gasteiger partial charge in [-0.3, -0.25) is 0 Å². The molecule has 2 aromatic rings. The number of hydrogen-bond donors (Lipinski definition) is 2. The van der Waals surface area contributed by atoms with Crippen molar-refractivity contribution in [3.05, 3.63) is 30.5 Å². The summed E-state index contributed by atoms with van der Waals surface area (Å²) in [7, 11) is 1.68. The van der Waals surface area contributed by atoms with Gasteiger partial charge in [-0.2, -0.15) is 0 Å². The Hall–Kier alpha value is -1.81. The zero-order valence-corrected chi connectivity index (χ0v) is 10.8. The summed E-state index contributed by atoms with van der Waals surface area (Å²) in [5.41, 5.74) is 5.61. The average Bonchev–Trinajstić information content (AvgIpc) is 2.43. The summed E-state index contributed by atoms with van der Waals surface area (Å²) in [6.07, 6.45) is 1.79. The van der Waals surface area contributed by atoms with Gasteiger partial charge < -0.3 is 15.8 Å². The highest BCUT2D eigenvalue weighted by Gasteiger charge is 2.07. The average molecular weight is 245 g/mol. The summed E-state index contributed by atoms with van der Waals surface area (Å²) in [4.78, 5) is 4.38. The van der Waals surface area contributed by atoms with Crippen molar-refractivity contribution in [2.24, 2.45) is 11.7 Å². The van der Waals surface area contributed by atoms with Crippen molar-refractivity contribution in [1.29, 1.82) is 0 Å². The molecule has 0 bridgehead atoms. The van der Waals surface area contributed by atoms with E-state index >= 15 is 0 Å². The van der Waals surface area contributed by atoms with Crippen molar-refractivity contribution >= 4 is 16.6 Å². The van der Waals surface area contributed by atoms with Crippen LogP contribution in [0, 0.1) is 5.92 Å². The fourth-order valence-electron chi connectivity index (χ4n) is 1.85. The molecule has 0 saturated carbocycles. The van der Waals surface area contributed by atoms with Gasteiger partial charge in [0.25, 0.3) is 0 Å². The van der Waals surface area contributed by atoms with E-state index in [-0.39, 0.29) is 0 Å². The number of hydrogen-bond acceptors (Lipinski definition) is 4. The molecule has 2 rings (SSSR count). The van der Waals surface area contributed by atoms with Gasteiger partial charge in [0.15, 0.2) is 0 Å². The number of rotatable bonds is 5. The van der Waals surface area contributed by atoms with Gasteiger partial charge in [-0.05, 0) is 24.6 Å². The van der Waals surface area contributed by atoms with Crippen LogP contribution in [0.25, 0.3) is 10.8 Å². The van der Waals surface area contributed by atoms with Gasteiger partial charge in [-0.25, -0.2) is 4.98 Å². The molecule has 1 heterocycles. The van der Waals surface area contributed by atoms with E-state index in [4.69, 9.17) is 10.5 Å². The monoisotopic (exact) mass is 245 g/mol. The predicted octanol–water partition coefficient (Wildman–Crippen LogP) is 2.25. The third kappa shape index (κ3) is 2.54. The van der Waals surface area contributed by atoms with Gasteiger partial charge in [0, 0.05) is 23.5 Å². The number of ether oxygens (including phenoxy) is 1. The summed E-state index contributed by atoms with van der Waals surface area (Å²) in [5.74, 6) is 2.17. The van der Waals surface area contributed by atoms with Gasteiger partial charge >= 0.3 is 0 Å². The van der Waals surface area contributed by atoms with Crippen LogP contribution in [0.5, 0.6) is 5.75 Å². The molecule has 0 amide bonds. The van der Waals surface area contributed by atoms with Crippen LogP contribution in [-0.2, 0) is 0 Å². The smallest absolute Gasteiger partial charge is 0.133 e. The number of nitrogens with zero attached hydrogens (tertiary/aromatic N) is 1. The molecule has 4 heteroatoms. The largest absolute Gasteiger partial charge is 0.496 e. The molecule has 0 radical (unpaired) electrons. The van der Waals surface area contributed by atoms with E-state index in [1.165, 1.54) is 0 Å². The first kappa shape index (κ1) is 12.6. The second kappa shape index (κ2) is 5.69. The Morgan fingerprint density at radius 3 is 2.89 bits per heavy atom. The first-order chi connectivity index (χ1) is 8.76. The number of nitrogens with two attached hydrogens (primary N) is 1. The molecule has 1 atom stereocenters. The quantitative estimate of drug-likeness (QED) is 0.848. The van der Waals surface area contributed by atoms with E-state index in [2.05, 4.69) is 17.2 Å². The molecule has 0 spiro atoms. The maximum Gasteiger partial charge on any atom is 0.133 e. The predicted molar refractivity (Wildman–Crippen MR) is 75.0 cm³/mol. The van der Waals surface area contributed by atoms with Gasteiger partial charge in [-0.1, -0.05) is 19.1 Å². The van der Waals surface area contributed by atoms with E-state index in [1.54, 1.807) is 13.3 Å². The van der Waals surface area contributed by atoms with Crippen LogP contribution in [-0.4, -0.2) is 25.2 Å². The van der Waals surface area contributed by atoms with Crippen LogP contribution >= 0.6 is 0 Å². The molecule has 0 fully saturated rings. The molecule has 1 aromatic heterocycles. The second-order valence-electron chi connectivity index (χ2n) is 4.44. The number of methoxy groups -OCH3 is 1. The second-order valence-corrected chi connectivity index (χ2v) is 4.44. The van der Waals surface area contributed by atoms with Crippen molar-refractivity contribution in [3.63, 3.8) is 0 Å². The topological polar surface area (TPSA) is 60.2 Å². The Balaban J connectivity index is 2.34. The fraction of sp³-hybridized carbons (Fsp3) is 0.357. The van der Waals surface area contributed by atoms with Gasteiger partial charge in [0.1, 0.15) is 11.6 Å². The molecule has 96 valence electrons. The third-order valence-corrected chi connectivity index (χ3v) is 3.01. The maximum absolute atomic E-state index is 5.61. The van der Waals surface area contributed by atoms with Crippen LogP contribution in [0.2, 0.25) is 0 Å². The third-order valence-electron chi connectivity index (χ3n) is 3.01. The summed E-state index contributed by atoms with van der Waals surface area (Å²) in [6, 6.07) is 7.93. The minimum absolute atomic E-state index is 0.424. The molecule has 3 N–H and O–H groups in total. The van der Waals surface area contributed by atoms with Crippen molar-refractivity contribution in [2.75, 3.05) is 25.5 Å². The maximum atomic E-state index is 5.61. The van der Waals surface area contributed by atoms with Crippen molar-refractivity contribution < 1.29 is 4.74 Å². The van der Waals surface area contributed by atoms with Gasteiger partial charge in [0.05, 0.1) is 7.11 Å². The van der Waals surface area contributed by atoms with Crippen LogP contribution < -0.4 is 15.8 Å². The van der Waals surface area contributed by atoms with Crippen LogP contribution in [0.1, 0.15) is 6.92 Å². The van der Waals surface area contributed by atoms with Crippen molar-refractivity contribution in [1.82, 2.24) is 4.98 Å². The lowest BCUT2D eigenvalue weighted by Crippen LogP contribution is -2.20. The number of pyridine rings is 1. The summed E-state index contributed by atoms with van der Waals surface area (Å²) in [5, 5.41) is 5.48. The lowest BCUT2D eigenvalue weighted by atomic mass is 10.1. The molecular weight excluding hydrogens is 226 g/mol. The zero-order chi connectivity index (χ0) is 13.0. The first-order valence-corrected chi connectivity index (χ1v) is 6.12. The Morgan fingerprint density at radius 2 is 2.17 bits per heavy atom. The SMILES string of the molecule is COc1cccc2c(NCC(C)CN)nccc12. The molecule has 0 aliphatic rings. The summed E-state index contributed by atoms with van der Waals surface area (Å²) in [6.45, 7) is 3.60. The molecule has 18 heavy (non-hydrogen) atoms. The Morgan fingerprint density at radius 1 is 1.33 bits per heavy atom. The molecule has 0 aliphatic heterocycles. The number of aromatic nitrogens is 1. The van der Waals surface area contributed by atoms with E-state index in [0.717, 1.165) is 28.9 Å². The van der Waals surface area contributed by atoms with E-state index < -0.39 is 0 Å². The van der Waals surface area contributed by atoms with E-state index in [1.807, 2.05) is 24.3 Å². The highest BCUT2D eigenvalue weighted by molar-refractivity contribution is 5.95. The van der Waals surface area contributed by atoms with Crippen molar-refractivity contribution in [2.45, 2.75) is 6.92 Å². The summed E-state index contributed by atoms with van der Waals surface area (Å²) >= 11 is 0. The highest BCUT2D eigenvalue weighted by Crippen LogP contribution is 2.28. The van der Waals surface area contributed by atoms with Crippen LogP contribution in [0.15, 0.2) is 30.5 Å². The summed E-state index contributed by atoms with van der Waals surface area (Å²) < 4.78 is 5.35. The molecular formula is C14H19N3O. The van der Waals surface area contributed by atoms with Crippen LogP contribution in [0.3, 0.4) is 0 Å². The lowest BCUT2D eigenvalue weighted by molar-refractivity contribution is 0.420. The van der Waals surface area contributed by atoms with E-state index in [0.29, 0.717) is 12.5 Å². The normalized spacial score (nSPS) is 12.4. The standard InChI is InChI=1S/C14H19N3O/c1-10(8-15)9-17-14-12-4-3-5-13(18-2)11(12)6-7-16-14/h3-7,10H,8-9,15H2,1-2H3,(H,16,17). The molecule has 4 nitrogen and oxygen atoms in total. The molecule has 1 unspecified atom stereocenters. The first-order valence-electron chi connectivity index (χ1n) is 6.12. The number of anilines is 1. The number of benzene rings is 1. The Labute approximate surface area is 107 Å². The Bertz CT molecular complexity index is 527. The fourth-order valence-corrected chi connectivity index (χ4v) is 1.85. The van der Waals surface area contributed by atoms with Crippen molar-refractivity contribution in [3.8, 4) is 5.75 Å². The minimum Gasteiger partial charge on any atom is -0.496 e. The molecule has 0 aliphatic carbocycles. The molecule has 1 aromatic carbocycles. The minimum atomic E-state index is 0.424. The zero-order valence-electron chi connectivity index (χ0n) is 10.8. The van der Waals surface area contributed by atoms with Gasteiger partial charge in [-0.15, -0.1) is 0 Å². The lowest BCUT2D eigenvalue weighted by Gasteiger charge is -2.13.